The third kappa shape index (κ3) is 4.10. The van der Waals surface area contributed by atoms with Crippen molar-refractivity contribution in [2.45, 2.75) is 45.1 Å². The smallest absolute Gasteiger partial charge is 0.276 e. The monoisotopic (exact) mass is 460 g/mol. The molecule has 2 atom stereocenters. The van der Waals surface area contributed by atoms with Crippen LogP contribution in [-0.4, -0.2) is 59.1 Å². The van der Waals surface area contributed by atoms with Gasteiger partial charge in [-0.05, 0) is 39.4 Å². The number of likely N-dealkylation sites (N-methyl/N-ethyl adjacent to an activating group) is 1. The van der Waals surface area contributed by atoms with Crippen molar-refractivity contribution >= 4 is 11.8 Å². The van der Waals surface area contributed by atoms with Gasteiger partial charge in [-0.2, -0.15) is 0 Å². The molecule has 0 bridgehead atoms. The van der Waals surface area contributed by atoms with Crippen LogP contribution in [0.3, 0.4) is 0 Å². The Morgan fingerprint density at radius 1 is 1.27 bits per heavy atom. The van der Waals surface area contributed by atoms with Gasteiger partial charge in [-0.3, -0.25) is 19.3 Å². The van der Waals surface area contributed by atoms with Crippen LogP contribution >= 0.6 is 0 Å². The second-order valence-corrected chi connectivity index (χ2v) is 8.49. The van der Waals surface area contributed by atoms with Crippen molar-refractivity contribution in [3.63, 3.8) is 0 Å². The van der Waals surface area contributed by atoms with Crippen LogP contribution in [0.4, 0.5) is 8.78 Å². The summed E-state index contributed by atoms with van der Waals surface area (Å²) in [6.07, 6.45) is 2.92. The second kappa shape index (κ2) is 8.93. The Labute approximate surface area is 189 Å². The number of fused-ring (bicyclic) bond motifs is 2. The van der Waals surface area contributed by atoms with E-state index >= 15 is 0 Å². The molecule has 2 amide bonds. The van der Waals surface area contributed by atoms with Crippen LogP contribution in [0.25, 0.3) is 0 Å². The fourth-order valence-electron chi connectivity index (χ4n) is 4.58. The Balaban J connectivity index is 1.69. The van der Waals surface area contributed by atoms with Crippen molar-refractivity contribution in [1.29, 1.82) is 0 Å². The van der Waals surface area contributed by atoms with Crippen molar-refractivity contribution < 1.29 is 23.1 Å². The average molecular weight is 460 g/mol. The lowest BCUT2D eigenvalue weighted by molar-refractivity contribution is 0.0170. The van der Waals surface area contributed by atoms with E-state index in [1.807, 2.05) is 14.0 Å². The van der Waals surface area contributed by atoms with Gasteiger partial charge in [-0.15, -0.1) is 0 Å². The molecule has 8 nitrogen and oxygen atoms in total. The molecule has 4 rings (SSSR count). The maximum absolute atomic E-state index is 13.9. The molecule has 0 aliphatic carbocycles. The van der Waals surface area contributed by atoms with Gasteiger partial charge in [0.05, 0.1) is 13.7 Å². The molecule has 2 aromatic rings. The number of aromatic nitrogens is 1. The Hall–Kier alpha value is -3.27. The van der Waals surface area contributed by atoms with Gasteiger partial charge < -0.3 is 19.5 Å². The zero-order chi connectivity index (χ0) is 23.9. The maximum atomic E-state index is 13.9. The summed E-state index contributed by atoms with van der Waals surface area (Å²) >= 11 is 0. The lowest BCUT2D eigenvalue weighted by atomic mass is 10.1. The maximum Gasteiger partial charge on any atom is 0.276 e. The van der Waals surface area contributed by atoms with E-state index < -0.39 is 23.0 Å². The van der Waals surface area contributed by atoms with Gasteiger partial charge in [0, 0.05) is 30.4 Å². The number of methoxy groups -OCH3 is 1. The summed E-state index contributed by atoms with van der Waals surface area (Å²) in [5.41, 5.74) is -0.746. The van der Waals surface area contributed by atoms with Crippen LogP contribution in [0.1, 0.15) is 46.2 Å². The highest BCUT2D eigenvalue weighted by Gasteiger charge is 2.41. The minimum Gasteiger partial charge on any atom is -0.491 e. The van der Waals surface area contributed by atoms with Crippen LogP contribution in [0, 0.1) is 11.6 Å². The van der Waals surface area contributed by atoms with E-state index in [0.29, 0.717) is 6.54 Å². The van der Waals surface area contributed by atoms with Crippen LogP contribution in [0.2, 0.25) is 0 Å². The van der Waals surface area contributed by atoms with Crippen molar-refractivity contribution in [2.24, 2.45) is 0 Å². The molecule has 1 unspecified atom stereocenters. The fraction of sp³-hybridized carbons (Fsp3) is 0.435. The third-order valence-corrected chi connectivity index (χ3v) is 6.38. The zero-order valence-electron chi connectivity index (χ0n) is 18.7. The van der Waals surface area contributed by atoms with Gasteiger partial charge in [-0.1, -0.05) is 6.07 Å². The number of rotatable bonds is 4. The van der Waals surface area contributed by atoms with E-state index in [9.17, 15) is 23.2 Å². The number of nitrogens with one attached hydrogen (secondary N) is 1. The number of carbonyl (C=O) groups is 2. The molecule has 1 aromatic heterocycles. The highest BCUT2D eigenvalue weighted by atomic mass is 19.1. The number of nitrogens with zero attached hydrogens (tertiary/aromatic N) is 3. The van der Waals surface area contributed by atoms with E-state index in [1.165, 1.54) is 19.4 Å². The molecule has 2 aliphatic heterocycles. The lowest BCUT2D eigenvalue weighted by Gasteiger charge is -2.43. The minimum absolute atomic E-state index is 0.00501. The SMILES string of the molecule is COc1c2n(cc(C(=O)NCc3ccc(F)cc3F)c1=O)CC1N(C)CCC[C@@H](C)N1C2=O. The molecule has 10 heteroatoms. The van der Waals surface area contributed by atoms with Crippen LogP contribution in [0.5, 0.6) is 5.75 Å². The van der Waals surface area contributed by atoms with E-state index in [-0.39, 0.29) is 47.2 Å². The first-order valence-electron chi connectivity index (χ1n) is 10.8. The number of amides is 2. The van der Waals surface area contributed by atoms with Crippen LogP contribution in [0.15, 0.2) is 29.2 Å². The number of hydrogen-bond acceptors (Lipinski definition) is 5. The van der Waals surface area contributed by atoms with E-state index in [4.69, 9.17) is 4.74 Å². The summed E-state index contributed by atoms with van der Waals surface area (Å²) in [6.45, 7) is 2.94. The van der Waals surface area contributed by atoms with Crippen LogP contribution in [-0.2, 0) is 13.1 Å². The summed E-state index contributed by atoms with van der Waals surface area (Å²) in [6, 6.07) is 3.03. The van der Waals surface area contributed by atoms with Gasteiger partial charge in [0.25, 0.3) is 11.8 Å². The molecule has 2 aliphatic rings. The number of pyridine rings is 1. The number of carbonyl (C=O) groups excluding carboxylic acids is 2. The van der Waals surface area contributed by atoms with Crippen molar-refractivity contribution in [2.75, 3.05) is 20.7 Å². The highest BCUT2D eigenvalue weighted by Crippen LogP contribution is 2.30. The van der Waals surface area contributed by atoms with E-state index in [1.54, 1.807) is 9.47 Å². The van der Waals surface area contributed by atoms with Gasteiger partial charge >= 0.3 is 0 Å². The largest absolute Gasteiger partial charge is 0.491 e. The predicted octanol–water partition coefficient (Wildman–Crippen LogP) is 1.96. The van der Waals surface area contributed by atoms with Gasteiger partial charge in [-0.25, -0.2) is 8.78 Å². The first-order valence-corrected chi connectivity index (χ1v) is 10.8. The summed E-state index contributed by atoms with van der Waals surface area (Å²) in [4.78, 5) is 43.2. The van der Waals surface area contributed by atoms with Gasteiger partial charge in [0.2, 0.25) is 5.43 Å². The molecule has 1 fully saturated rings. The molecule has 0 saturated carbocycles. The number of hydrogen-bond donors (Lipinski definition) is 1. The second-order valence-electron chi connectivity index (χ2n) is 8.49. The average Bonchev–Trinajstić information content (AvgIpc) is 2.91. The first-order chi connectivity index (χ1) is 15.7. The zero-order valence-corrected chi connectivity index (χ0v) is 18.7. The predicted molar refractivity (Wildman–Crippen MR) is 116 cm³/mol. The highest BCUT2D eigenvalue weighted by molar-refractivity contribution is 5.99. The molecular weight excluding hydrogens is 434 g/mol. The Bertz CT molecular complexity index is 1170. The summed E-state index contributed by atoms with van der Waals surface area (Å²) < 4.78 is 33.9. The molecule has 0 radical (unpaired) electrons. The number of ether oxygens (including phenoxy) is 1. The Morgan fingerprint density at radius 3 is 2.73 bits per heavy atom. The molecule has 1 saturated heterocycles. The van der Waals surface area contributed by atoms with Crippen molar-refractivity contribution in [3.05, 3.63) is 63.1 Å². The topological polar surface area (TPSA) is 83.9 Å². The normalized spacial score (nSPS) is 20.6. The lowest BCUT2D eigenvalue weighted by Crippen LogP contribution is -2.57. The molecule has 1 aromatic carbocycles. The molecule has 1 N–H and O–H groups in total. The Kier molecular flexibility index (Phi) is 6.20. The quantitative estimate of drug-likeness (QED) is 0.754. The number of benzene rings is 1. The number of halogens is 2. The molecule has 33 heavy (non-hydrogen) atoms. The molecule has 3 heterocycles. The summed E-state index contributed by atoms with van der Waals surface area (Å²) in [5, 5.41) is 2.49. The minimum atomic E-state index is -0.800. The van der Waals surface area contributed by atoms with Crippen LogP contribution < -0.4 is 15.5 Å². The first kappa shape index (κ1) is 22.9. The van der Waals surface area contributed by atoms with E-state index in [2.05, 4.69) is 10.2 Å². The van der Waals surface area contributed by atoms with Gasteiger partial charge in [0.1, 0.15) is 23.4 Å². The summed E-state index contributed by atoms with van der Waals surface area (Å²) in [7, 11) is 3.23. The van der Waals surface area contributed by atoms with E-state index in [0.717, 1.165) is 31.5 Å². The Morgan fingerprint density at radius 2 is 2.03 bits per heavy atom. The van der Waals surface area contributed by atoms with Crippen molar-refractivity contribution in [1.82, 2.24) is 19.7 Å². The fourth-order valence-corrected chi connectivity index (χ4v) is 4.58. The van der Waals surface area contributed by atoms with Gasteiger partial charge in [0.15, 0.2) is 11.4 Å². The van der Waals surface area contributed by atoms with Crippen molar-refractivity contribution in [3.8, 4) is 5.75 Å². The third-order valence-electron chi connectivity index (χ3n) is 6.38. The molecule has 0 spiro atoms. The standard InChI is InChI=1S/C23H26F2N4O4/c1-13-5-4-8-27(2)18-12-28-11-16(20(30)21(33-3)19(28)23(32)29(13)18)22(31)26-10-14-6-7-15(24)9-17(14)25/h6-7,9,11,13,18H,4-5,8,10,12H2,1-3H3,(H,26,31)/t13-,18?/m1/s1. The molecular formula is C23H26F2N4O4. The molecule has 176 valence electrons. The summed E-state index contributed by atoms with van der Waals surface area (Å²) in [5.74, 6) is -2.78.